The maximum Gasteiger partial charge on any atom is 0.119 e. The van der Waals surface area contributed by atoms with Crippen LogP contribution in [-0.2, 0) is 0 Å². The van der Waals surface area contributed by atoms with E-state index < -0.39 is 0 Å². The molecule has 78 valence electrons. The second-order valence-corrected chi connectivity index (χ2v) is 4.30. The van der Waals surface area contributed by atoms with Gasteiger partial charge in [-0.15, -0.1) is 0 Å². The Labute approximate surface area is 87.1 Å². The number of ether oxygens (including phenoxy) is 1. The van der Waals surface area contributed by atoms with Crippen molar-refractivity contribution in [2.75, 3.05) is 7.11 Å². The van der Waals surface area contributed by atoms with E-state index in [1.807, 2.05) is 6.07 Å². The minimum atomic E-state index is 0.558. The fourth-order valence-electron chi connectivity index (χ4n) is 1.71. The Balaban J connectivity index is 3.17. The van der Waals surface area contributed by atoms with E-state index >= 15 is 0 Å². The Morgan fingerprint density at radius 3 is 1.93 bits per heavy atom. The maximum absolute atomic E-state index is 5.24. The molecule has 0 N–H and O–H groups in total. The molecular formula is C13H20O. The van der Waals surface area contributed by atoms with Crippen LogP contribution in [0.3, 0.4) is 0 Å². The van der Waals surface area contributed by atoms with E-state index in [4.69, 9.17) is 4.74 Å². The second-order valence-electron chi connectivity index (χ2n) is 4.30. The first-order valence-corrected chi connectivity index (χ1v) is 5.24. The highest BCUT2D eigenvalue weighted by Crippen LogP contribution is 2.29. The highest BCUT2D eigenvalue weighted by atomic mass is 16.5. The van der Waals surface area contributed by atoms with E-state index in [1.165, 1.54) is 11.1 Å². The van der Waals surface area contributed by atoms with Crippen molar-refractivity contribution in [3.63, 3.8) is 0 Å². The van der Waals surface area contributed by atoms with Gasteiger partial charge in [-0.3, -0.25) is 0 Å². The Morgan fingerprint density at radius 2 is 1.50 bits per heavy atom. The molecule has 0 aliphatic rings. The molecule has 1 rings (SSSR count). The molecule has 14 heavy (non-hydrogen) atoms. The van der Waals surface area contributed by atoms with Gasteiger partial charge in [0.05, 0.1) is 7.11 Å². The van der Waals surface area contributed by atoms with Gasteiger partial charge in [-0.1, -0.05) is 33.8 Å². The van der Waals surface area contributed by atoms with Crippen molar-refractivity contribution in [2.45, 2.75) is 39.5 Å². The summed E-state index contributed by atoms with van der Waals surface area (Å²) in [6.07, 6.45) is 0. The summed E-state index contributed by atoms with van der Waals surface area (Å²) in [5.74, 6) is 2.10. The normalized spacial score (nSPS) is 11.1. The molecule has 0 saturated heterocycles. The lowest BCUT2D eigenvalue weighted by molar-refractivity contribution is 0.413. The van der Waals surface area contributed by atoms with Crippen molar-refractivity contribution in [1.82, 2.24) is 0 Å². The lowest BCUT2D eigenvalue weighted by Crippen LogP contribution is -1.99. The van der Waals surface area contributed by atoms with Crippen molar-refractivity contribution < 1.29 is 4.74 Å². The number of hydrogen-bond acceptors (Lipinski definition) is 1. The Kier molecular flexibility index (Phi) is 3.56. The van der Waals surface area contributed by atoms with Crippen LogP contribution in [0.15, 0.2) is 18.2 Å². The Bertz CT molecular complexity index is 300. The summed E-state index contributed by atoms with van der Waals surface area (Å²) in [4.78, 5) is 0. The molecule has 1 heteroatoms. The second kappa shape index (κ2) is 4.50. The zero-order chi connectivity index (χ0) is 10.7. The fourth-order valence-corrected chi connectivity index (χ4v) is 1.71. The first-order valence-electron chi connectivity index (χ1n) is 5.24. The number of methoxy groups -OCH3 is 1. The van der Waals surface area contributed by atoms with Gasteiger partial charge < -0.3 is 4.74 Å². The van der Waals surface area contributed by atoms with Crippen molar-refractivity contribution in [1.29, 1.82) is 0 Å². The highest BCUT2D eigenvalue weighted by Gasteiger charge is 2.10. The zero-order valence-electron chi connectivity index (χ0n) is 9.79. The highest BCUT2D eigenvalue weighted by molar-refractivity contribution is 5.39. The average Bonchev–Trinajstić information content (AvgIpc) is 2.16. The van der Waals surface area contributed by atoms with Gasteiger partial charge in [-0.05, 0) is 35.1 Å². The molecule has 0 aliphatic heterocycles. The summed E-state index contributed by atoms with van der Waals surface area (Å²) in [6, 6.07) is 6.38. The third-order valence-corrected chi connectivity index (χ3v) is 2.54. The van der Waals surface area contributed by atoms with Gasteiger partial charge in [0, 0.05) is 0 Å². The summed E-state index contributed by atoms with van der Waals surface area (Å²) in [5.41, 5.74) is 2.83. The van der Waals surface area contributed by atoms with Crippen LogP contribution in [0.5, 0.6) is 5.75 Å². The van der Waals surface area contributed by atoms with E-state index in [0.717, 1.165) is 5.75 Å². The van der Waals surface area contributed by atoms with E-state index in [9.17, 15) is 0 Å². The standard InChI is InChI=1S/C13H20O/c1-9(2)12-7-6-11(14-5)8-13(12)10(3)4/h6-10H,1-5H3. The van der Waals surface area contributed by atoms with Crippen LogP contribution in [0.1, 0.15) is 50.7 Å². The van der Waals surface area contributed by atoms with Gasteiger partial charge in [0.2, 0.25) is 0 Å². The quantitative estimate of drug-likeness (QED) is 0.704. The Morgan fingerprint density at radius 1 is 0.929 bits per heavy atom. The van der Waals surface area contributed by atoms with E-state index in [1.54, 1.807) is 7.11 Å². The first-order chi connectivity index (χ1) is 6.56. The molecule has 1 nitrogen and oxygen atoms in total. The van der Waals surface area contributed by atoms with Crippen molar-refractivity contribution >= 4 is 0 Å². The minimum Gasteiger partial charge on any atom is -0.497 e. The predicted octanol–water partition coefficient (Wildman–Crippen LogP) is 3.94. The van der Waals surface area contributed by atoms with Crippen LogP contribution in [0, 0.1) is 0 Å². The molecule has 0 heterocycles. The molecule has 0 saturated carbocycles. The number of benzene rings is 1. The van der Waals surface area contributed by atoms with Crippen LogP contribution < -0.4 is 4.74 Å². The van der Waals surface area contributed by atoms with E-state index in [0.29, 0.717) is 11.8 Å². The Hall–Kier alpha value is -0.980. The first kappa shape index (κ1) is 11.1. The molecule has 0 fully saturated rings. The van der Waals surface area contributed by atoms with Gasteiger partial charge >= 0.3 is 0 Å². The smallest absolute Gasteiger partial charge is 0.119 e. The van der Waals surface area contributed by atoms with Gasteiger partial charge in [0.15, 0.2) is 0 Å². The van der Waals surface area contributed by atoms with Gasteiger partial charge in [0.25, 0.3) is 0 Å². The van der Waals surface area contributed by atoms with Crippen molar-refractivity contribution in [2.24, 2.45) is 0 Å². The third kappa shape index (κ3) is 2.28. The molecule has 0 aliphatic carbocycles. The van der Waals surface area contributed by atoms with Crippen LogP contribution in [0.2, 0.25) is 0 Å². The molecule has 1 aromatic carbocycles. The summed E-state index contributed by atoms with van der Waals surface area (Å²) in [5, 5.41) is 0. The third-order valence-electron chi connectivity index (χ3n) is 2.54. The largest absolute Gasteiger partial charge is 0.497 e. The number of rotatable bonds is 3. The zero-order valence-corrected chi connectivity index (χ0v) is 9.79. The number of hydrogen-bond donors (Lipinski definition) is 0. The van der Waals surface area contributed by atoms with Crippen molar-refractivity contribution in [3.8, 4) is 5.75 Å². The summed E-state index contributed by atoms with van der Waals surface area (Å²) in [7, 11) is 1.72. The molecule has 1 aromatic rings. The van der Waals surface area contributed by atoms with Crippen LogP contribution in [-0.4, -0.2) is 7.11 Å². The van der Waals surface area contributed by atoms with Crippen LogP contribution >= 0.6 is 0 Å². The minimum absolute atomic E-state index is 0.558. The monoisotopic (exact) mass is 192 g/mol. The summed E-state index contributed by atoms with van der Waals surface area (Å²) in [6.45, 7) is 8.91. The van der Waals surface area contributed by atoms with Crippen LogP contribution in [0.4, 0.5) is 0 Å². The lowest BCUT2D eigenvalue weighted by Gasteiger charge is -2.16. The summed E-state index contributed by atoms with van der Waals surface area (Å²) >= 11 is 0. The molecule has 0 bridgehead atoms. The molecule has 0 unspecified atom stereocenters. The van der Waals surface area contributed by atoms with Gasteiger partial charge in [-0.2, -0.15) is 0 Å². The summed E-state index contributed by atoms with van der Waals surface area (Å²) < 4.78 is 5.24. The molecule has 0 amide bonds. The lowest BCUT2D eigenvalue weighted by atomic mass is 9.90. The fraction of sp³-hybridized carbons (Fsp3) is 0.538. The average molecular weight is 192 g/mol. The molecule has 0 aromatic heterocycles. The van der Waals surface area contributed by atoms with Gasteiger partial charge in [-0.25, -0.2) is 0 Å². The predicted molar refractivity (Wildman–Crippen MR) is 61.2 cm³/mol. The topological polar surface area (TPSA) is 9.23 Å². The SMILES string of the molecule is COc1ccc(C(C)C)c(C(C)C)c1. The van der Waals surface area contributed by atoms with Crippen molar-refractivity contribution in [3.05, 3.63) is 29.3 Å². The van der Waals surface area contributed by atoms with Gasteiger partial charge in [0.1, 0.15) is 5.75 Å². The molecular weight excluding hydrogens is 172 g/mol. The maximum atomic E-state index is 5.24. The molecule has 0 radical (unpaired) electrons. The van der Waals surface area contributed by atoms with Crippen LogP contribution in [0.25, 0.3) is 0 Å². The van der Waals surface area contributed by atoms with E-state index in [-0.39, 0.29) is 0 Å². The molecule has 0 spiro atoms. The van der Waals surface area contributed by atoms with E-state index in [2.05, 4.69) is 39.8 Å². The molecule has 0 atom stereocenters.